The van der Waals surface area contributed by atoms with Gasteiger partial charge < -0.3 is 0 Å². The number of nitrogens with zero attached hydrogens (tertiary/aromatic N) is 3. The summed E-state index contributed by atoms with van der Waals surface area (Å²) in [7, 11) is 0. The maximum Gasteiger partial charge on any atom is 0.416 e. The highest BCUT2D eigenvalue weighted by Gasteiger charge is 2.32. The van der Waals surface area contributed by atoms with Crippen molar-refractivity contribution in [3.8, 4) is 11.4 Å². The van der Waals surface area contributed by atoms with Crippen molar-refractivity contribution in [2.24, 2.45) is 0 Å². The zero-order valence-electron chi connectivity index (χ0n) is 14.1. The number of benzene rings is 2. The number of aromatic nitrogens is 3. The Morgan fingerprint density at radius 3 is 2.52 bits per heavy atom. The van der Waals surface area contributed by atoms with Crippen LogP contribution in [0.3, 0.4) is 0 Å². The van der Waals surface area contributed by atoms with Crippen molar-refractivity contribution in [2.75, 3.05) is 0 Å². The van der Waals surface area contributed by atoms with Gasteiger partial charge in [0.1, 0.15) is 5.82 Å². The largest absolute Gasteiger partial charge is 0.416 e. The minimum Gasteiger partial charge on any atom is -0.299 e. The second-order valence-electron chi connectivity index (χ2n) is 6.37. The molecular weight excluding hydrogens is 378 g/mol. The SMILES string of the molecule is Fc1ccccc1-c1nnc(SCc2cccc(C(F)(F)F)c2)n1C1CC1. The summed E-state index contributed by atoms with van der Waals surface area (Å²) in [4.78, 5) is 0. The molecule has 2 aromatic carbocycles. The number of thioether (sulfide) groups is 1. The summed E-state index contributed by atoms with van der Waals surface area (Å²) in [6.07, 6.45) is -2.46. The molecule has 0 saturated heterocycles. The van der Waals surface area contributed by atoms with Gasteiger partial charge in [-0.25, -0.2) is 4.39 Å². The Hall–Kier alpha value is -2.35. The molecule has 1 aromatic heterocycles. The molecule has 0 amide bonds. The van der Waals surface area contributed by atoms with Gasteiger partial charge in [-0.05, 0) is 36.6 Å². The van der Waals surface area contributed by atoms with Crippen molar-refractivity contribution < 1.29 is 17.6 Å². The smallest absolute Gasteiger partial charge is 0.299 e. The van der Waals surface area contributed by atoms with E-state index in [0.29, 0.717) is 27.9 Å². The summed E-state index contributed by atoms with van der Waals surface area (Å²) in [6, 6.07) is 11.8. The maximum absolute atomic E-state index is 14.2. The molecule has 1 heterocycles. The Labute approximate surface area is 157 Å². The molecule has 140 valence electrons. The third kappa shape index (κ3) is 3.85. The van der Waals surface area contributed by atoms with Crippen molar-refractivity contribution in [1.82, 2.24) is 14.8 Å². The van der Waals surface area contributed by atoms with Crippen LogP contribution in [-0.2, 0) is 11.9 Å². The predicted molar refractivity (Wildman–Crippen MR) is 94.7 cm³/mol. The van der Waals surface area contributed by atoms with Crippen LogP contribution in [0, 0.1) is 5.82 Å². The molecule has 0 bridgehead atoms. The molecule has 4 rings (SSSR count). The number of halogens is 4. The molecule has 8 heteroatoms. The summed E-state index contributed by atoms with van der Waals surface area (Å²) in [5.74, 6) is 0.412. The fourth-order valence-corrected chi connectivity index (χ4v) is 3.80. The standard InChI is InChI=1S/C19H15F4N3S/c20-16-7-2-1-6-15(16)17-24-25-18(26(17)14-8-9-14)27-11-12-4-3-5-13(10-12)19(21,22)23/h1-7,10,14H,8-9,11H2. The van der Waals surface area contributed by atoms with Gasteiger partial charge in [-0.15, -0.1) is 10.2 Å². The topological polar surface area (TPSA) is 30.7 Å². The Morgan fingerprint density at radius 1 is 1.04 bits per heavy atom. The molecule has 1 fully saturated rings. The van der Waals surface area contributed by atoms with Gasteiger partial charge in [0.05, 0.1) is 11.1 Å². The first-order valence-corrected chi connectivity index (χ1v) is 9.41. The summed E-state index contributed by atoms with van der Waals surface area (Å²) in [5, 5.41) is 8.91. The zero-order chi connectivity index (χ0) is 19.0. The molecule has 0 spiro atoms. The van der Waals surface area contributed by atoms with Crippen LogP contribution in [0.1, 0.15) is 30.0 Å². The third-order valence-corrected chi connectivity index (χ3v) is 5.33. The number of hydrogen-bond acceptors (Lipinski definition) is 3. The normalized spacial score (nSPS) is 14.5. The van der Waals surface area contributed by atoms with Crippen LogP contribution < -0.4 is 0 Å². The van der Waals surface area contributed by atoms with Gasteiger partial charge >= 0.3 is 6.18 Å². The minimum absolute atomic E-state index is 0.207. The summed E-state index contributed by atoms with van der Waals surface area (Å²) in [6.45, 7) is 0. The van der Waals surface area contributed by atoms with Crippen LogP contribution in [0.5, 0.6) is 0 Å². The average Bonchev–Trinajstić information content (AvgIpc) is 3.39. The molecule has 3 aromatic rings. The van der Waals surface area contributed by atoms with E-state index in [-0.39, 0.29) is 11.9 Å². The molecule has 0 radical (unpaired) electrons. The van der Waals surface area contributed by atoms with Gasteiger partial charge in [0.2, 0.25) is 0 Å². The summed E-state index contributed by atoms with van der Waals surface area (Å²) < 4.78 is 54.7. The summed E-state index contributed by atoms with van der Waals surface area (Å²) in [5.41, 5.74) is 0.256. The summed E-state index contributed by atoms with van der Waals surface area (Å²) >= 11 is 1.31. The van der Waals surface area contributed by atoms with Gasteiger partial charge in [-0.2, -0.15) is 13.2 Å². The van der Waals surface area contributed by atoms with Gasteiger partial charge in [0, 0.05) is 11.8 Å². The van der Waals surface area contributed by atoms with E-state index in [1.54, 1.807) is 24.3 Å². The van der Waals surface area contributed by atoms with Crippen LogP contribution in [0.25, 0.3) is 11.4 Å². The van der Waals surface area contributed by atoms with E-state index in [1.165, 1.54) is 23.9 Å². The lowest BCUT2D eigenvalue weighted by molar-refractivity contribution is -0.137. The molecule has 1 saturated carbocycles. The van der Waals surface area contributed by atoms with E-state index in [2.05, 4.69) is 10.2 Å². The second-order valence-corrected chi connectivity index (χ2v) is 7.32. The first-order chi connectivity index (χ1) is 12.9. The highest BCUT2D eigenvalue weighted by Crippen LogP contribution is 2.42. The molecule has 0 aliphatic heterocycles. The van der Waals surface area contributed by atoms with Crippen molar-refractivity contribution in [3.63, 3.8) is 0 Å². The molecular formula is C19H15F4N3S. The van der Waals surface area contributed by atoms with Crippen molar-refractivity contribution in [1.29, 1.82) is 0 Å². The molecule has 27 heavy (non-hydrogen) atoms. The Balaban J connectivity index is 1.60. The minimum atomic E-state index is -4.37. The van der Waals surface area contributed by atoms with E-state index >= 15 is 0 Å². The van der Waals surface area contributed by atoms with Crippen LogP contribution in [-0.4, -0.2) is 14.8 Å². The van der Waals surface area contributed by atoms with Crippen molar-refractivity contribution >= 4 is 11.8 Å². The van der Waals surface area contributed by atoms with Gasteiger partial charge in [0.25, 0.3) is 0 Å². The van der Waals surface area contributed by atoms with Gasteiger partial charge in [-0.3, -0.25) is 4.57 Å². The van der Waals surface area contributed by atoms with E-state index in [9.17, 15) is 17.6 Å². The van der Waals surface area contributed by atoms with E-state index in [1.807, 2.05) is 4.57 Å². The number of alkyl halides is 3. The molecule has 1 aliphatic carbocycles. The fourth-order valence-electron chi connectivity index (χ4n) is 2.85. The second kappa shape index (κ2) is 6.99. The zero-order valence-corrected chi connectivity index (χ0v) is 14.9. The quantitative estimate of drug-likeness (QED) is 0.410. The molecule has 0 atom stereocenters. The predicted octanol–water partition coefficient (Wildman–Crippen LogP) is 5.73. The Kier molecular flexibility index (Phi) is 4.67. The van der Waals surface area contributed by atoms with E-state index < -0.39 is 11.7 Å². The monoisotopic (exact) mass is 393 g/mol. The third-order valence-electron chi connectivity index (χ3n) is 4.31. The van der Waals surface area contributed by atoms with E-state index in [0.717, 1.165) is 25.0 Å². The first kappa shape index (κ1) is 18.0. The van der Waals surface area contributed by atoms with E-state index in [4.69, 9.17) is 0 Å². The molecule has 0 N–H and O–H groups in total. The highest BCUT2D eigenvalue weighted by molar-refractivity contribution is 7.98. The van der Waals surface area contributed by atoms with Gasteiger partial charge in [0.15, 0.2) is 11.0 Å². The molecule has 3 nitrogen and oxygen atoms in total. The first-order valence-electron chi connectivity index (χ1n) is 8.42. The molecule has 1 aliphatic rings. The number of rotatable bonds is 5. The Bertz CT molecular complexity index is 964. The fraction of sp³-hybridized carbons (Fsp3) is 0.263. The highest BCUT2D eigenvalue weighted by atomic mass is 32.2. The van der Waals surface area contributed by atoms with Crippen LogP contribution in [0.4, 0.5) is 17.6 Å². The maximum atomic E-state index is 14.2. The van der Waals surface area contributed by atoms with Crippen molar-refractivity contribution in [3.05, 3.63) is 65.5 Å². The van der Waals surface area contributed by atoms with Crippen LogP contribution in [0.15, 0.2) is 53.7 Å². The van der Waals surface area contributed by atoms with Crippen molar-refractivity contribution in [2.45, 2.75) is 36.0 Å². The van der Waals surface area contributed by atoms with Gasteiger partial charge in [-0.1, -0.05) is 42.1 Å². The molecule has 0 unspecified atom stereocenters. The van der Waals surface area contributed by atoms with Crippen LogP contribution >= 0.6 is 11.8 Å². The Morgan fingerprint density at radius 2 is 1.81 bits per heavy atom. The lowest BCUT2D eigenvalue weighted by atomic mass is 10.1. The van der Waals surface area contributed by atoms with Crippen LogP contribution in [0.2, 0.25) is 0 Å². The average molecular weight is 393 g/mol. The lowest BCUT2D eigenvalue weighted by Gasteiger charge is -2.10. The lowest BCUT2D eigenvalue weighted by Crippen LogP contribution is -2.05. The number of hydrogen-bond donors (Lipinski definition) is 0.